The predicted octanol–water partition coefficient (Wildman–Crippen LogP) is 5.18. The summed E-state index contributed by atoms with van der Waals surface area (Å²) in [6.45, 7) is 0.333. The van der Waals surface area contributed by atoms with Crippen molar-refractivity contribution in [2.45, 2.75) is 6.61 Å². The standard InChI is InChI=1S/C23H16N4O3S/c28-22(18-7-8-19(30-18)23-26-16-4-1-2-6-20(16)31-23)27-21-17(5-3-11-25-21)29-14-15-9-12-24-13-10-15/h1-13H,14H2,(H,25,27,28). The van der Waals surface area contributed by atoms with Gasteiger partial charge in [0, 0.05) is 18.6 Å². The van der Waals surface area contributed by atoms with E-state index in [0.29, 0.717) is 23.9 Å². The number of thiazole rings is 1. The fourth-order valence-electron chi connectivity index (χ4n) is 2.96. The van der Waals surface area contributed by atoms with E-state index < -0.39 is 5.91 Å². The van der Waals surface area contributed by atoms with Crippen molar-refractivity contribution < 1.29 is 13.9 Å². The summed E-state index contributed by atoms with van der Waals surface area (Å²) in [5.74, 6) is 1.08. The third-order valence-corrected chi connectivity index (χ3v) is 5.53. The molecule has 4 aromatic heterocycles. The number of hydrogen-bond acceptors (Lipinski definition) is 7. The molecule has 5 rings (SSSR count). The van der Waals surface area contributed by atoms with Gasteiger partial charge in [-0.25, -0.2) is 9.97 Å². The first-order valence-corrected chi connectivity index (χ1v) is 10.3. The minimum Gasteiger partial charge on any atom is -0.485 e. The maximum atomic E-state index is 12.7. The molecule has 0 radical (unpaired) electrons. The Bertz CT molecular complexity index is 1310. The monoisotopic (exact) mass is 428 g/mol. The number of nitrogens with zero attached hydrogens (tertiary/aromatic N) is 3. The molecule has 7 nitrogen and oxygen atoms in total. The van der Waals surface area contributed by atoms with Gasteiger partial charge in [-0.15, -0.1) is 11.3 Å². The van der Waals surface area contributed by atoms with Crippen molar-refractivity contribution in [3.8, 4) is 16.5 Å². The molecule has 0 saturated heterocycles. The van der Waals surface area contributed by atoms with Crippen molar-refractivity contribution in [1.29, 1.82) is 0 Å². The zero-order chi connectivity index (χ0) is 21.0. The van der Waals surface area contributed by atoms with Crippen molar-refractivity contribution in [1.82, 2.24) is 15.0 Å². The summed E-state index contributed by atoms with van der Waals surface area (Å²) in [7, 11) is 0. The van der Waals surface area contributed by atoms with Crippen LogP contribution in [0.1, 0.15) is 16.1 Å². The number of rotatable bonds is 6. The second-order valence-electron chi connectivity index (χ2n) is 6.60. The summed E-state index contributed by atoms with van der Waals surface area (Å²) in [5, 5.41) is 3.48. The fourth-order valence-corrected chi connectivity index (χ4v) is 3.89. The predicted molar refractivity (Wildman–Crippen MR) is 118 cm³/mol. The van der Waals surface area contributed by atoms with E-state index in [9.17, 15) is 4.79 Å². The molecule has 0 spiro atoms. The molecule has 31 heavy (non-hydrogen) atoms. The van der Waals surface area contributed by atoms with Crippen molar-refractivity contribution in [2.75, 3.05) is 5.32 Å². The Morgan fingerprint density at radius 3 is 2.74 bits per heavy atom. The molecule has 4 heterocycles. The van der Waals surface area contributed by atoms with Gasteiger partial charge in [-0.1, -0.05) is 12.1 Å². The number of benzene rings is 1. The van der Waals surface area contributed by atoms with Gasteiger partial charge in [0.15, 0.2) is 28.1 Å². The highest BCUT2D eigenvalue weighted by Gasteiger charge is 2.17. The van der Waals surface area contributed by atoms with Crippen molar-refractivity contribution >= 4 is 33.3 Å². The van der Waals surface area contributed by atoms with Crippen LogP contribution < -0.4 is 10.1 Å². The highest BCUT2D eigenvalue weighted by atomic mass is 32.1. The third-order valence-electron chi connectivity index (χ3n) is 4.48. The van der Waals surface area contributed by atoms with Gasteiger partial charge in [0.1, 0.15) is 6.61 Å². The van der Waals surface area contributed by atoms with E-state index in [0.717, 1.165) is 20.8 Å². The molecular formula is C23H16N4O3S. The molecule has 152 valence electrons. The SMILES string of the molecule is O=C(Nc1ncccc1OCc1ccncc1)c1ccc(-c2nc3ccccc3s2)o1. The summed E-state index contributed by atoms with van der Waals surface area (Å²) >= 11 is 1.51. The second kappa shape index (κ2) is 8.37. The third kappa shape index (κ3) is 4.15. The first kappa shape index (κ1) is 19.0. The largest absolute Gasteiger partial charge is 0.485 e. The summed E-state index contributed by atoms with van der Waals surface area (Å²) in [6, 6.07) is 18.4. The lowest BCUT2D eigenvalue weighted by Crippen LogP contribution is -2.13. The molecule has 1 N–H and O–H groups in total. The van der Waals surface area contributed by atoms with E-state index in [1.807, 2.05) is 36.4 Å². The summed E-state index contributed by atoms with van der Waals surface area (Å²) < 4.78 is 12.6. The molecule has 0 saturated carbocycles. The van der Waals surface area contributed by atoms with Gasteiger partial charge in [-0.05, 0) is 54.1 Å². The topological polar surface area (TPSA) is 90.1 Å². The Hall–Kier alpha value is -4.04. The van der Waals surface area contributed by atoms with Crippen molar-refractivity contribution in [3.63, 3.8) is 0 Å². The van der Waals surface area contributed by atoms with Crippen LogP contribution in [0.5, 0.6) is 5.75 Å². The first-order chi connectivity index (χ1) is 15.3. The number of nitrogens with one attached hydrogen (secondary N) is 1. The van der Waals surface area contributed by atoms with E-state index >= 15 is 0 Å². The van der Waals surface area contributed by atoms with Gasteiger partial charge in [-0.3, -0.25) is 9.78 Å². The molecule has 0 aliphatic carbocycles. The number of hydrogen-bond donors (Lipinski definition) is 1. The van der Waals surface area contributed by atoms with Crippen LogP contribution in [0.15, 0.2) is 83.7 Å². The Kier molecular flexibility index (Phi) is 5.12. The van der Waals surface area contributed by atoms with Gasteiger partial charge in [0.2, 0.25) is 0 Å². The molecule has 0 atom stereocenters. The number of furan rings is 1. The van der Waals surface area contributed by atoms with Crippen molar-refractivity contribution in [2.24, 2.45) is 0 Å². The summed E-state index contributed by atoms with van der Waals surface area (Å²) in [6.07, 6.45) is 4.98. The number of fused-ring (bicyclic) bond motifs is 1. The van der Waals surface area contributed by atoms with Crippen molar-refractivity contribution in [3.05, 3.63) is 90.6 Å². The molecule has 8 heteroatoms. The van der Waals surface area contributed by atoms with E-state index in [4.69, 9.17) is 9.15 Å². The normalized spacial score (nSPS) is 10.8. The smallest absolute Gasteiger partial charge is 0.292 e. The van der Waals surface area contributed by atoms with Crippen LogP contribution >= 0.6 is 11.3 Å². The zero-order valence-corrected chi connectivity index (χ0v) is 17.0. The highest BCUT2D eigenvalue weighted by Crippen LogP contribution is 2.31. The average Bonchev–Trinajstić information content (AvgIpc) is 3.46. The van der Waals surface area contributed by atoms with Gasteiger partial charge < -0.3 is 14.5 Å². The molecule has 1 aromatic carbocycles. The minimum absolute atomic E-state index is 0.167. The first-order valence-electron chi connectivity index (χ1n) is 9.50. The molecule has 0 fully saturated rings. The maximum absolute atomic E-state index is 12.7. The van der Waals surface area contributed by atoms with Crippen LogP contribution in [0.2, 0.25) is 0 Å². The van der Waals surface area contributed by atoms with Crippen LogP contribution in [-0.2, 0) is 6.61 Å². The van der Waals surface area contributed by atoms with E-state index in [1.165, 1.54) is 11.3 Å². The number of aromatic nitrogens is 3. The number of pyridine rings is 2. The lowest BCUT2D eigenvalue weighted by Gasteiger charge is -2.10. The second-order valence-corrected chi connectivity index (χ2v) is 7.63. The van der Waals surface area contributed by atoms with Crippen LogP contribution in [0.3, 0.4) is 0 Å². The molecular weight excluding hydrogens is 412 g/mol. The maximum Gasteiger partial charge on any atom is 0.292 e. The molecule has 1 amide bonds. The average molecular weight is 428 g/mol. The van der Waals surface area contributed by atoms with Crippen LogP contribution in [0.4, 0.5) is 5.82 Å². The van der Waals surface area contributed by atoms with Crippen LogP contribution in [0, 0.1) is 0 Å². The van der Waals surface area contributed by atoms with Crippen LogP contribution in [0.25, 0.3) is 21.0 Å². The highest BCUT2D eigenvalue weighted by molar-refractivity contribution is 7.21. The van der Waals surface area contributed by atoms with Gasteiger partial charge >= 0.3 is 0 Å². The Labute approximate surface area is 181 Å². The lowest BCUT2D eigenvalue weighted by molar-refractivity contribution is 0.0996. The number of anilines is 1. The summed E-state index contributed by atoms with van der Waals surface area (Å²) in [5.41, 5.74) is 1.86. The number of ether oxygens (including phenoxy) is 1. The van der Waals surface area contributed by atoms with E-state index in [-0.39, 0.29) is 5.76 Å². The minimum atomic E-state index is -0.417. The molecule has 5 aromatic rings. The van der Waals surface area contributed by atoms with Gasteiger partial charge in [0.25, 0.3) is 5.91 Å². The van der Waals surface area contributed by atoms with Gasteiger partial charge in [0.05, 0.1) is 10.2 Å². The molecule has 0 aliphatic heterocycles. The van der Waals surface area contributed by atoms with Gasteiger partial charge in [-0.2, -0.15) is 0 Å². The Balaban J connectivity index is 1.32. The number of carbonyl (C=O) groups is 1. The fraction of sp³-hybridized carbons (Fsp3) is 0.0435. The van der Waals surface area contributed by atoms with E-state index in [1.54, 1.807) is 42.9 Å². The van der Waals surface area contributed by atoms with E-state index in [2.05, 4.69) is 20.3 Å². The Morgan fingerprint density at radius 2 is 1.87 bits per heavy atom. The zero-order valence-electron chi connectivity index (χ0n) is 16.2. The number of carbonyl (C=O) groups excluding carboxylic acids is 1. The van der Waals surface area contributed by atoms with Crippen LogP contribution in [-0.4, -0.2) is 20.9 Å². The number of amides is 1. The quantitative estimate of drug-likeness (QED) is 0.401. The summed E-state index contributed by atoms with van der Waals surface area (Å²) in [4.78, 5) is 25.5. The Morgan fingerprint density at radius 1 is 1.00 bits per heavy atom. The molecule has 0 unspecified atom stereocenters. The molecule has 0 aliphatic rings. The lowest BCUT2D eigenvalue weighted by atomic mass is 10.3. The number of para-hydroxylation sites is 1. The molecule has 0 bridgehead atoms.